The van der Waals surface area contributed by atoms with E-state index in [1.165, 1.54) is 0 Å². The van der Waals surface area contributed by atoms with Crippen molar-refractivity contribution in [2.75, 3.05) is 13.1 Å². The second-order valence-electron chi connectivity index (χ2n) is 6.68. The summed E-state index contributed by atoms with van der Waals surface area (Å²) in [6, 6.07) is 0.233. The van der Waals surface area contributed by atoms with Gasteiger partial charge in [-0.05, 0) is 43.4 Å². The Balaban J connectivity index is 1.98. The summed E-state index contributed by atoms with van der Waals surface area (Å²) in [6.45, 7) is 8.66. The Bertz CT molecular complexity index is 305. The summed E-state index contributed by atoms with van der Waals surface area (Å²) in [4.78, 5) is 14.7. The lowest BCUT2D eigenvalue weighted by Crippen LogP contribution is -2.48. The summed E-state index contributed by atoms with van der Waals surface area (Å²) in [6.07, 6.45) is 4.23. The molecule has 104 valence electrons. The van der Waals surface area contributed by atoms with E-state index >= 15 is 0 Å². The molecule has 0 aromatic heterocycles. The van der Waals surface area contributed by atoms with Crippen molar-refractivity contribution >= 4 is 5.91 Å². The Labute approximate surface area is 111 Å². The van der Waals surface area contributed by atoms with Crippen molar-refractivity contribution in [2.24, 2.45) is 29.4 Å². The molecule has 1 heterocycles. The average Bonchev–Trinajstić information content (AvgIpc) is 2.35. The molecule has 2 rings (SSSR count). The number of nitrogens with two attached hydrogens (primary N) is 1. The van der Waals surface area contributed by atoms with E-state index in [1.54, 1.807) is 0 Å². The molecule has 18 heavy (non-hydrogen) atoms. The first-order valence-electron chi connectivity index (χ1n) is 7.53. The average molecular weight is 252 g/mol. The van der Waals surface area contributed by atoms with Crippen LogP contribution in [-0.4, -0.2) is 29.9 Å². The summed E-state index contributed by atoms with van der Waals surface area (Å²) >= 11 is 0. The predicted molar refractivity (Wildman–Crippen MR) is 74.0 cm³/mol. The summed E-state index contributed by atoms with van der Waals surface area (Å²) in [5.41, 5.74) is 6.03. The van der Waals surface area contributed by atoms with E-state index in [2.05, 4.69) is 25.7 Å². The van der Waals surface area contributed by atoms with Gasteiger partial charge in [-0.2, -0.15) is 0 Å². The molecule has 0 aromatic carbocycles. The molecule has 2 N–H and O–H groups in total. The monoisotopic (exact) mass is 252 g/mol. The number of piperidine rings is 1. The molecular formula is C15H28N2O. The van der Waals surface area contributed by atoms with Crippen LogP contribution in [0, 0.1) is 23.7 Å². The molecule has 1 saturated heterocycles. The van der Waals surface area contributed by atoms with Crippen molar-refractivity contribution in [1.29, 1.82) is 0 Å². The molecule has 5 unspecified atom stereocenters. The Morgan fingerprint density at radius 2 is 1.78 bits per heavy atom. The number of nitrogens with zero attached hydrogens (tertiary/aromatic N) is 1. The van der Waals surface area contributed by atoms with Crippen molar-refractivity contribution in [3.8, 4) is 0 Å². The quantitative estimate of drug-likeness (QED) is 0.778. The Morgan fingerprint density at radius 3 is 2.44 bits per heavy atom. The van der Waals surface area contributed by atoms with Crippen molar-refractivity contribution in [3.05, 3.63) is 0 Å². The van der Waals surface area contributed by atoms with Crippen LogP contribution >= 0.6 is 0 Å². The third kappa shape index (κ3) is 2.87. The summed E-state index contributed by atoms with van der Waals surface area (Å²) in [5.74, 6) is 2.44. The first-order valence-corrected chi connectivity index (χ1v) is 7.53. The molecule has 5 atom stereocenters. The van der Waals surface area contributed by atoms with Gasteiger partial charge in [-0.3, -0.25) is 4.79 Å². The molecule has 1 amide bonds. The molecule has 3 nitrogen and oxygen atoms in total. The lowest BCUT2D eigenvalue weighted by Gasteiger charge is -2.40. The highest BCUT2D eigenvalue weighted by Gasteiger charge is 2.36. The molecular weight excluding hydrogens is 224 g/mol. The fourth-order valence-electron chi connectivity index (χ4n) is 3.40. The highest BCUT2D eigenvalue weighted by molar-refractivity contribution is 5.79. The molecule has 1 aliphatic carbocycles. The highest BCUT2D eigenvalue weighted by atomic mass is 16.2. The number of carbonyl (C=O) groups excluding carboxylic acids is 1. The van der Waals surface area contributed by atoms with E-state index in [0.29, 0.717) is 17.7 Å². The minimum absolute atomic E-state index is 0.175. The van der Waals surface area contributed by atoms with Crippen molar-refractivity contribution in [3.63, 3.8) is 0 Å². The zero-order chi connectivity index (χ0) is 13.3. The van der Waals surface area contributed by atoms with Gasteiger partial charge in [-0.15, -0.1) is 0 Å². The maximum Gasteiger partial charge on any atom is 0.226 e. The lowest BCUT2D eigenvalue weighted by molar-refractivity contribution is -0.141. The minimum atomic E-state index is 0.175. The van der Waals surface area contributed by atoms with Gasteiger partial charge in [0.1, 0.15) is 0 Å². The largest absolute Gasteiger partial charge is 0.342 e. The lowest BCUT2D eigenvalue weighted by atomic mass is 9.77. The van der Waals surface area contributed by atoms with Crippen molar-refractivity contribution in [2.45, 2.75) is 52.5 Å². The van der Waals surface area contributed by atoms with Crippen molar-refractivity contribution in [1.82, 2.24) is 4.90 Å². The number of hydrogen-bond donors (Lipinski definition) is 1. The number of rotatable bonds is 1. The van der Waals surface area contributed by atoms with Gasteiger partial charge >= 0.3 is 0 Å². The van der Waals surface area contributed by atoms with Crippen LogP contribution in [0.5, 0.6) is 0 Å². The second-order valence-corrected chi connectivity index (χ2v) is 6.68. The van der Waals surface area contributed by atoms with E-state index in [0.717, 1.165) is 44.7 Å². The molecule has 1 aliphatic heterocycles. The van der Waals surface area contributed by atoms with Crippen LogP contribution in [-0.2, 0) is 4.79 Å². The van der Waals surface area contributed by atoms with Gasteiger partial charge in [-0.25, -0.2) is 0 Å². The number of hydrogen-bond acceptors (Lipinski definition) is 2. The molecule has 1 saturated carbocycles. The van der Waals surface area contributed by atoms with E-state index in [4.69, 9.17) is 5.73 Å². The number of amides is 1. The van der Waals surface area contributed by atoms with Gasteiger partial charge in [0.15, 0.2) is 0 Å². The Morgan fingerprint density at radius 1 is 1.06 bits per heavy atom. The van der Waals surface area contributed by atoms with E-state index in [-0.39, 0.29) is 12.0 Å². The number of carbonyl (C=O) groups is 1. The highest BCUT2D eigenvalue weighted by Crippen LogP contribution is 2.32. The fourth-order valence-corrected chi connectivity index (χ4v) is 3.40. The third-order valence-electron chi connectivity index (χ3n) is 5.20. The SMILES string of the molecule is CC1CCN(C(=O)C2CC(N)CCC2C)CC1C. The molecule has 0 radical (unpaired) electrons. The van der Waals surface area contributed by atoms with E-state index < -0.39 is 0 Å². The van der Waals surface area contributed by atoms with E-state index in [1.807, 2.05) is 0 Å². The Hall–Kier alpha value is -0.570. The maximum absolute atomic E-state index is 12.6. The molecule has 3 heteroatoms. The van der Waals surface area contributed by atoms with Gasteiger partial charge < -0.3 is 10.6 Å². The van der Waals surface area contributed by atoms with Gasteiger partial charge in [0, 0.05) is 25.0 Å². The van der Waals surface area contributed by atoms with Crippen LogP contribution in [0.15, 0.2) is 0 Å². The molecule has 0 bridgehead atoms. The standard InChI is InChI=1S/C15H28N2O/c1-10-6-7-17(9-12(10)3)15(18)14-8-13(16)5-4-11(14)2/h10-14H,4-9,16H2,1-3H3. The van der Waals surface area contributed by atoms with Gasteiger partial charge in [-0.1, -0.05) is 20.8 Å². The van der Waals surface area contributed by atoms with Crippen LogP contribution in [0.1, 0.15) is 46.5 Å². The third-order valence-corrected chi connectivity index (χ3v) is 5.20. The molecule has 0 spiro atoms. The molecule has 2 aliphatic rings. The topological polar surface area (TPSA) is 46.3 Å². The molecule has 2 fully saturated rings. The van der Waals surface area contributed by atoms with Crippen LogP contribution in [0.2, 0.25) is 0 Å². The van der Waals surface area contributed by atoms with Gasteiger partial charge in [0.05, 0.1) is 0 Å². The Kier molecular flexibility index (Phi) is 4.31. The zero-order valence-electron chi connectivity index (χ0n) is 12.1. The molecule has 0 aromatic rings. The normalized spacial score (nSPS) is 41.8. The van der Waals surface area contributed by atoms with Crippen LogP contribution in [0.25, 0.3) is 0 Å². The van der Waals surface area contributed by atoms with Crippen LogP contribution < -0.4 is 5.73 Å². The smallest absolute Gasteiger partial charge is 0.226 e. The van der Waals surface area contributed by atoms with Crippen LogP contribution in [0.3, 0.4) is 0 Å². The first-order chi connectivity index (χ1) is 8.49. The zero-order valence-corrected chi connectivity index (χ0v) is 12.1. The van der Waals surface area contributed by atoms with Crippen molar-refractivity contribution < 1.29 is 4.79 Å². The van der Waals surface area contributed by atoms with E-state index in [9.17, 15) is 4.79 Å². The number of likely N-dealkylation sites (tertiary alicyclic amines) is 1. The maximum atomic E-state index is 12.6. The summed E-state index contributed by atoms with van der Waals surface area (Å²) < 4.78 is 0. The van der Waals surface area contributed by atoms with Crippen LogP contribution in [0.4, 0.5) is 0 Å². The first kappa shape index (κ1) is 13.9. The fraction of sp³-hybridized carbons (Fsp3) is 0.933. The second kappa shape index (κ2) is 5.60. The minimum Gasteiger partial charge on any atom is -0.342 e. The summed E-state index contributed by atoms with van der Waals surface area (Å²) in [5, 5.41) is 0. The van der Waals surface area contributed by atoms with Gasteiger partial charge in [0.2, 0.25) is 5.91 Å². The summed E-state index contributed by atoms with van der Waals surface area (Å²) in [7, 11) is 0. The predicted octanol–water partition coefficient (Wildman–Crippen LogP) is 2.25. The van der Waals surface area contributed by atoms with Gasteiger partial charge in [0.25, 0.3) is 0 Å².